The summed E-state index contributed by atoms with van der Waals surface area (Å²) in [6.07, 6.45) is 9.52. The summed E-state index contributed by atoms with van der Waals surface area (Å²) in [4.78, 5) is 8.72. The first-order valence-electron chi connectivity index (χ1n) is 7.04. The van der Waals surface area contributed by atoms with Crippen molar-refractivity contribution < 1.29 is 17.3 Å². The molecule has 1 fully saturated rings. The summed E-state index contributed by atoms with van der Waals surface area (Å²) in [5.41, 5.74) is 1.99. The van der Waals surface area contributed by atoms with Crippen molar-refractivity contribution in [3.05, 3.63) is 36.4 Å². The molecule has 7 nitrogen and oxygen atoms in total. The molecule has 116 valence electrons. The maximum Gasteiger partial charge on any atom is 0.273 e. The summed E-state index contributed by atoms with van der Waals surface area (Å²) in [7, 11) is -2.32. The highest BCUT2D eigenvalue weighted by Gasteiger charge is 2.24. The van der Waals surface area contributed by atoms with E-state index in [2.05, 4.69) is 19.2 Å². The molecule has 0 saturated heterocycles. The van der Waals surface area contributed by atoms with Gasteiger partial charge in [-0.25, -0.2) is 9.97 Å². The lowest BCUT2D eigenvalue weighted by Gasteiger charge is -2.01. The van der Waals surface area contributed by atoms with Gasteiger partial charge in [0.25, 0.3) is 10.1 Å². The Labute approximate surface area is 129 Å². The Bertz CT molecular complexity index is 741. The zero-order valence-corrected chi connectivity index (χ0v) is 13.0. The molecule has 0 radical (unpaired) electrons. The van der Waals surface area contributed by atoms with Gasteiger partial charge in [-0.1, -0.05) is 4.68 Å². The topological polar surface area (TPSA) is 85.9 Å². The quantitative estimate of drug-likeness (QED) is 0.574. The molecule has 2 aromatic heterocycles. The van der Waals surface area contributed by atoms with Gasteiger partial charge in [-0.3, -0.25) is 4.18 Å². The van der Waals surface area contributed by atoms with Crippen molar-refractivity contribution in [3.8, 4) is 11.4 Å². The molecular formula is C14H17N4O3S+. The third-order valence-corrected chi connectivity index (χ3v) is 4.76. The maximum atomic E-state index is 11.3. The predicted octanol–water partition coefficient (Wildman–Crippen LogP) is 0.680. The lowest BCUT2D eigenvalue weighted by atomic mass is 10.2. The number of hydrogen-bond acceptors (Lipinski definition) is 6. The molecule has 0 N–H and O–H groups in total. The molecule has 0 amide bonds. The average Bonchev–Trinajstić information content (AvgIpc) is 3.39. The summed E-state index contributed by atoms with van der Waals surface area (Å²) in [6, 6.07) is 1.82. The maximum absolute atomic E-state index is 11.3. The summed E-state index contributed by atoms with van der Waals surface area (Å²) in [6.45, 7) is 0.234. The van der Waals surface area contributed by atoms with Crippen LogP contribution in [0, 0.1) is 0 Å². The molecule has 1 aliphatic rings. The Hall–Kier alpha value is -1.93. The van der Waals surface area contributed by atoms with Crippen LogP contribution in [0.5, 0.6) is 0 Å². The molecule has 0 spiro atoms. The van der Waals surface area contributed by atoms with Crippen molar-refractivity contribution in [3.63, 3.8) is 0 Å². The Kier molecular flexibility index (Phi) is 4.12. The molecule has 1 aliphatic carbocycles. The van der Waals surface area contributed by atoms with Crippen LogP contribution >= 0.6 is 0 Å². The number of hydrogen-bond donors (Lipinski definition) is 0. The number of aromatic nitrogens is 4. The third kappa shape index (κ3) is 3.63. The van der Waals surface area contributed by atoms with Gasteiger partial charge in [0.05, 0.1) is 7.11 Å². The minimum Gasteiger partial charge on any atom is -0.273 e. The van der Waals surface area contributed by atoms with Crippen LogP contribution in [0.2, 0.25) is 0 Å². The van der Waals surface area contributed by atoms with Crippen LogP contribution in [-0.4, -0.2) is 36.3 Å². The zero-order valence-electron chi connectivity index (χ0n) is 12.2. The molecule has 2 heterocycles. The van der Waals surface area contributed by atoms with E-state index >= 15 is 0 Å². The lowest BCUT2D eigenvalue weighted by Crippen LogP contribution is -2.40. The monoisotopic (exact) mass is 321 g/mol. The van der Waals surface area contributed by atoms with Gasteiger partial charge in [-0.2, -0.15) is 8.42 Å². The largest absolute Gasteiger partial charge is 0.273 e. The number of nitrogens with zero attached hydrogens (tertiary/aromatic N) is 4. The van der Waals surface area contributed by atoms with Crippen LogP contribution < -0.4 is 4.68 Å². The molecule has 0 atom stereocenters. The van der Waals surface area contributed by atoms with E-state index < -0.39 is 10.1 Å². The molecule has 3 rings (SSSR count). The highest BCUT2D eigenvalue weighted by atomic mass is 32.2. The highest BCUT2D eigenvalue weighted by molar-refractivity contribution is 7.86. The van der Waals surface area contributed by atoms with E-state index in [1.54, 1.807) is 17.1 Å². The lowest BCUT2D eigenvalue weighted by molar-refractivity contribution is -0.750. The van der Waals surface area contributed by atoms with Crippen molar-refractivity contribution in [1.29, 1.82) is 0 Å². The molecule has 22 heavy (non-hydrogen) atoms. The Morgan fingerprint density at radius 2 is 2.00 bits per heavy atom. The van der Waals surface area contributed by atoms with Crippen molar-refractivity contribution in [2.75, 3.05) is 12.9 Å². The highest BCUT2D eigenvalue weighted by Crippen LogP contribution is 2.39. The fourth-order valence-electron chi connectivity index (χ4n) is 2.05. The predicted molar refractivity (Wildman–Crippen MR) is 78.2 cm³/mol. The van der Waals surface area contributed by atoms with Crippen LogP contribution in [-0.2, 0) is 20.8 Å². The van der Waals surface area contributed by atoms with Gasteiger partial charge >= 0.3 is 0 Å². The van der Waals surface area contributed by atoms with Crippen LogP contribution in [0.3, 0.4) is 0 Å². The van der Waals surface area contributed by atoms with E-state index in [0.29, 0.717) is 11.7 Å². The van der Waals surface area contributed by atoms with Gasteiger partial charge in [0.1, 0.15) is 11.9 Å². The first-order valence-corrected chi connectivity index (χ1v) is 8.61. The van der Waals surface area contributed by atoms with Gasteiger partial charge in [0, 0.05) is 24.0 Å². The van der Waals surface area contributed by atoms with E-state index in [4.69, 9.17) is 0 Å². The molecule has 2 aromatic rings. The summed E-state index contributed by atoms with van der Waals surface area (Å²) in [5.74, 6) is 1.13. The van der Waals surface area contributed by atoms with Crippen molar-refractivity contribution in [2.45, 2.75) is 25.3 Å². The molecule has 0 bridgehead atoms. The summed E-state index contributed by atoms with van der Waals surface area (Å²) >= 11 is 0. The SMILES string of the molecule is COS(=O)(=O)CC[n+]1ccc(-c2ncc(C3CC3)cn2)cn1. The standard InChI is InChI=1S/C14H17N4O3S/c1-21-22(19,20)7-6-18-5-4-12(10-17-18)14-15-8-13(9-16-14)11-2-3-11/h4-5,8-11H,2-3,6-7H2,1H3/q+1. The second-order valence-electron chi connectivity index (χ2n) is 5.22. The van der Waals surface area contributed by atoms with Crippen LogP contribution in [0.15, 0.2) is 30.9 Å². The molecule has 8 heteroatoms. The fourth-order valence-corrected chi connectivity index (χ4v) is 2.63. The molecule has 1 saturated carbocycles. The summed E-state index contributed by atoms with van der Waals surface area (Å²) < 4.78 is 28.5. The second-order valence-corrected chi connectivity index (χ2v) is 7.08. The van der Waals surface area contributed by atoms with Gasteiger partial charge in [0.2, 0.25) is 0 Å². The zero-order chi connectivity index (χ0) is 15.6. The Morgan fingerprint density at radius 3 is 2.55 bits per heavy atom. The van der Waals surface area contributed by atoms with Crippen molar-refractivity contribution in [2.24, 2.45) is 0 Å². The summed E-state index contributed by atoms with van der Waals surface area (Å²) in [5, 5.41) is 4.18. The number of aryl methyl sites for hydroxylation is 1. The van der Waals surface area contributed by atoms with Gasteiger partial charge in [0.15, 0.2) is 18.6 Å². The van der Waals surface area contributed by atoms with Crippen LogP contribution in [0.25, 0.3) is 11.4 Å². The smallest absolute Gasteiger partial charge is 0.273 e. The third-order valence-electron chi connectivity index (χ3n) is 3.57. The van der Waals surface area contributed by atoms with Crippen LogP contribution in [0.1, 0.15) is 24.3 Å². The van der Waals surface area contributed by atoms with Gasteiger partial charge in [-0.05, 0) is 29.4 Å². The first-order chi connectivity index (χ1) is 10.6. The minimum absolute atomic E-state index is 0.118. The van der Waals surface area contributed by atoms with Gasteiger partial charge in [-0.15, -0.1) is 0 Å². The fraction of sp³-hybridized carbons (Fsp3) is 0.429. The average molecular weight is 321 g/mol. The van der Waals surface area contributed by atoms with E-state index in [9.17, 15) is 8.42 Å². The minimum atomic E-state index is -3.47. The van der Waals surface area contributed by atoms with Crippen molar-refractivity contribution >= 4 is 10.1 Å². The Morgan fingerprint density at radius 1 is 1.27 bits per heavy atom. The molecule has 0 aromatic carbocycles. The molecule has 0 aliphatic heterocycles. The normalized spacial score (nSPS) is 15.0. The first kappa shape index (κ1) is 15.0. The molecular weight excluding hydrogens is 304 g/mol. The van der Waals surface area contributed by atoms with E-state index in [0.717, 1.165) is 12.7 Å². The number of rotatable bonds is 6. The van der Waals surface area contributed by atoms with Gasteiger partial charge < -0.3 is 0 Å². The van der Waals surface area contributed by atoms with E-state index in [1.165, 1.54) is 18.4 Å². The van der Waals surface area contributed by atoms with E-state index in [-0.39, 0.29) is 12.3 Å². The van der Waals surface area contributed by atoms with Crippen LogP contribution in [0.4, 0.5) is 0 Å². The second kappa shape index (κ2) is 6.05. The Balaban J connectivity index is 1.68. The molecule has 0 unspecified atom stereocenters. The van der Waals surface area contributed by atoms with Crippen molar-refractivity contribution in [1.82, 2.24) is 15.1 Å². The van der Waals surface area contributed by atoms with E-state index in [1.807, 2.05) is 18.5 Å².